The Hall–Kier alpha value is -3.95. The number of amides is 3. The lowest BCUT2D eigenvalue weighted by molar-refractivity contribution is -0.138. The van der Waals surface area contributed by atoms with Crippen LogP contribution in [0.3, 0.4) is 0 Å². The van der Waals surface area contributed by atoms with Gasteiger partial charge in [-0.3, -0.25) is 14.4 Å². The maximum absolute atomic E-state index is 13.2. The quantitative estimate of drug-likeness (QED) is 0.573. The van der Waals surface area contributed by atoms with Gasteiger partial charge >= 0.3 is 0 Å². The molecule has 2 N–H and O–H groups in total. The van der Waals surface area contributed by atoms with Crippen LogP contribution in [0.1, 0.15) is 55.0 Å². The van der Waals surface area contributed by atoms with Crippen LogP contribution in [0.5, 0.6) is 0 Å². The van der Waals surface area contributed by atoms with Gasteiger partial charge in [-0.25, -0.2) is 9.67 Å². The number of benzene rings is 1. The second-order valence-corrected chi connectivity index (χ2v) is 9.34. The third-order valence-electron chi connectivity index (χ3n) is 6.87. The van der Waals surface area contributed by atoms with Crippen molar-refractivity contribution in [2.45, 2.75) is 51.2 Å². The summed E-state index contributed by atoms with van der Waals surface area (Å²) in [5.41, 5.74) is 1.38. The van der Waals surface area contributed by atoms with Gasteiger partial charge in [-0.05, 0) is 38.3 Å². The molecular weight excluding hydrogens is 458 g/mol. The Balaban J connectivity index is 1.48. The molecule has 4 heterocycles. The SMILES string of the molecule is C[C@@H]1NC(=O)[C@@H]2CCCN2C(=O)CCCN(C(=O)c2ccc[nH]2)CCn2nc(-c3ccccc3)nc21. The molecule has 10 heteroatoms. The summed E-state index contributed by atoms with van der Waals surface area (Å²) in [6.07, 6.45) is 3.97. The van der Waals surface area contributed by atoms with Gasteiger partial charge in [0.15, 0.2) is 5.82 Å². The second kappa shape index (κ2) is 10.3. The van der Waals surface area contributed by atoms with Crippen LogP contribution in [-0.2, 0) is 16.1 Å². The van der Waals surface area contributed by atoms with Crippen molar-refractivity contribution in [3.8, 4) is 11.4 Å². The number of carbonyl (C=O) groups excluding carboxylic acids is 3. The third kappa shape index (κ3) is 4.89. The topological polar surface area (TPSA) is 116 Å². The van der Waals surface area contributed by atoms with E-state index in [1.807, 2.05) is 37.3 Å². The van der Waals surface area contributed by atoms with Crippen LogP contribution in [0, 0.1) is 0 Å². The zero-order valence-corrected chi connectivity index (χ0v) is 20.4. The van der Waals surface area contributed by atoms with Crippen molar-refractivity contribution in [2.75, 3.05) is 19.6 Å². The zero-order chi connectivity index (χ0) is 25.1. The fourth-order valence-corrected chi connectivity index (χ4v) is 4.99. The van der Waals surface area contributed by atoms with Gasteiger partial charge in [0.2, 0.25) is 11.8 Å². The number of rotatable bonds is 2. The molecule has 3 aromatic rings. The second-order valence-electron chi connectivity index (χ2n) is 9.34. The molecule has 2 aliphatic heterocycles. The minimum Gasteiger partial charge on any atom is -0.357 e. The van der Waals surface area contributed by atoms with Crippen LogP contribution in [-0.4, -0.2) is 72.9 Å². The largest absolute Gasteiger partial charge is 0.357 e. The molecule has 0 aliphatic carbocycles. The van der Waals surface area contributed by atoms with Gasteiger partial charge in [0, 0.05) is 37.8 Å². The molecule has 5 rings (SSSR count). The first-order valence-corrected chi connectivity index (χ1v) is 12.5. The minimum absolute atomic E-state index is 0.0424. The van der Waals surface area contributed by atoms with Crippen molar-refractivity contribution in [3.63, 3.8) is 0 Å². The maximum atomic E-state index is 13.2. The summed E-state index contributed by atoms with van der Waals surface area (Å²) in [4.78, 5) is 50.5. The Bertz CT molecular complexity index is 1220. The molecule has 2 aromatic heterocycles. The summed E-state index contributed by atoms with van der Waals surface area (Å²) >= 11 is 0. The predicted molar refractivity (Wildman–Crippen MR) is 133 cm³/mol. The smallest absolute Gasteiger partial charge is 0.270 e. The number of fused-ring (bicyclic) bond motifs is 2. The van der Waals surface area contributed by atoms with E-state index in [1.165, 1.54) is 0 Å². The molecule has 3 amide bonds. The summed E-state index contributed by atoms with van der Waals surface area (Å²) < 4.78 is 1.78. The number of aromatic amines is 1. The average molecular weight is 490 g/mol. The first-order chi connectivity index (χ1) is 17.5. The van der Waals surface area contributed by atoms with Crippen LogP contribution in [0.25, 0.3) is 11.4 Å². The fraction of sp³-hybridized carbons (Fsp3) is 0.423. The number of hydrogen-bond donors (Lipinski definition) is 2. The van der Waals surface area contributed by atoms with Gasteiger partial charge in [-0.15, -0.1) is 0 Å². The van der Waals surface area contributed by atoms with Gasteiger partial charge in [0.05, 0.1) is 12.6 Å². The molecule has 1 fully saturated rings. The molecular formula is C26H31N7O3. The van der Waals surface area contributed by atoms with Crippen LogP contribution >= 0.6 is 0 Å². The van der Waals surface area contributed by atoms with Gasteiger partial charge in [0.25, 0.3) is 5.91 Å². The summed E-state index contributed by atoms with van der Waals surface area (Å²) in [7, 11) is 0. The molecule has 1 saturated heterocycles. The Morgan fingerprint density at radius 2 is 1.83 bits per heavy atom. The van der Waals surface area contributed by atoms with Crippen molar-refractivity contribution < 1.29 is 14.4 Å². The van der Waals surface area contributed by atoms with E-state index in [2.05, 4.69) is 10.3 Å². The van der Waals surface area contributed by atoms with E-state index in [-0.39, 0.29) is 17.7 Å². The minimum atomic E-state index is -0.482. The summed E-state index contributed by atoms with van der Waals surface area (Å²) in [6, 6.07) is 12.3. The number of nitrogens with one attached hydrogen (secondary N) is 2. The number of aromatic nitrogens is 4. The van der Waals surface area contributed by atoms with Crippen molar-refractivity contribution in [2.24, 2.45) is 0 Å². The Labute approximate surface area is 209 Å². The van der Waals surface area contributed by atoms with Crippen molar-refractivity contribution >= 4 is 17.7 Å². The molecule has 0 saturated carbocycles. The first-order valence-electron chi connectivity index (χ1n) is 12.5. The number of hydrogen-bond acceptors (Lipinski definition) is 5. The van der Waals surface area contributed by atoms with Gasteiger partial charge in [-0.1, -0.05) is 30.3 Å². The normalized spacial score (nSPS) is 21.5. The Kier molecular flexibility index (Phi) is 6.84. The van der Waals surface area contributed by atoms with Crippen LogP contribution in [0.2, 0.25) is 0 Å². The van der Waals surface area contributed by atoms with Gasteiger partial charge in [-0.2, -0.15) is 5.10 Å². The highest BCUT2D eigenvalue weighted by Gasteiger charge is 2.35. The van der Waals surface area contributed by atoms with E-state index in [4.69, 9.17) is 10.1 Å². The van der Waals surface area contributed by atoms with Crippen molar-refractivity contribution in [1.82, 2.24) is 34.9 Å². The summed E-state index contributed by atoms with van der Waals surface area (Å²) in [5.74, 6) is 0.854. The highest BCUT2D eigenvalue weighted by Crippen LogP contribution is 2.23. The fourth-order valence-electron chi connectivity index (χ4n) is 4.99. The van der Waals surface area contributed by atoms with Crippen molar-refractivity contribution in [3.05, 3.63) is 60.2 Å². The van der Waals surface area contributed by atoms with Crippen LogP contribution in [0.4, 0.5) is 0 Å². The molecule has 188 valence electrons. The summed E-state index contributed by atoms with van der Waals surface area (Å²) in [6.45, 7) is 3.68. The average Bonchev–Trinajstić information content (AvgIpc) is 3.66. The summed E-state index contributed by atoms with van der Waals surface area (Å²) in [5, 5.41) is 7.81. The number of nitrogens with zero attached hydrogens (tertiary/aromatic N) is 5. The molecule has 2 aliphatic rings. The van der Waals surface area contributed by atoms with E-state index in [9.17, 15) is 14.4 Å². The number of H-pyrrole nitrogens is 1. The predicted octanol–water partition coefficient (Wildman–Crippen LogP) is 2.38. The molecule has 0 bridgehead atoms. The third-order valence-corrected chi connectivity index (χ3v) is 6.87. The lowest BCUT2D eigenvalue weighted by atomic mass is 10.1. The van der Waals surface area contributed by atoms with Crippen LogP contribution < -0.4 is 5.32 Å². The maximum Gasteiger partial charge on any atom is 0.270 e. The number of carbonyl (C=O) groups is 3. The monoisotopic (exact) mass is 489 g/mol. The Morgan fingerprint density at radius 3 is 2.61 bits per heavy atom. The standard InChI is InChI=1S/C26H31N7O3/c1-18-24-29-23(19-8-3-2-4-9-19)30-33(24)17-16-31(26(36)20-10-5-13-27-20)14-7-12-22(34)32-15-6-11-21(32)25(35)28-18/h2-5,8-10,13,18,21,27H,6-7,11-12,14-17H2,1H3,(H,28,35)/t18-,21-/m0/s1. The lowest BCUT2D eigenvalue weighted by Gasteiger charge is -2.27. The molecule has 0 unspecified atom stereocenters. The zero-order valence-electron chi connectivity index (χ0n) is 20.4. The van der Waals surface area contributed by atoms with E-state index in [0.717, 1.165) is 12.0 Å². The van der Waals surface area contributed by atoms with Crippen molar-refractivity contribution in [1.29, 1.82) is 0 Å². The molecule has 1 aromatic carbocycles. The molecule has 10 nitrogen and oxygen atoms in total. The van der Waals surface area contributed by atoms with Gasteiger partial charge < -0.3 is 20.1 Å². The Morgan fingerprint density at radius 1 is 1.00 bits per heavy atom. The van der Waals surface area contributed by atoms with E-state index < -0.39 is 12.1 Å². The van der Waals surface area contributed by atoms with E-state index >= 15 is 0 Å². The highest BCUT2D eigenvalue weighted by molar-refractivity contribution is 5.92. The van der Waals surface area contributed by atoms with Gasteiger partial charge in [0.1, 0.15) is 17.6 Å². The highest BCUT2D eigenvalue weighted by atomic mass is 16.2. The first kappa shape index (κ1) is 23.8. The van der Waals surface area contributed by atoms with Crippen LogP contribution in [0.15, 0.2) is 48.7 Å². The lowest BCUT2D eigenvalue weighted by Crippen LogP contribution is -2.47. The van der Waals surface area contributed by atoms with E-state index in [0.29, 0.717) is 62.8 Å². The molecule has 0 radical (unpaired) electrons. The molecule has 36 heavy (non-hydrogen) atoms. The van der Waals surface area contributed by atoms with E-state index in [1.54, 1.807) is 32.8 Å². The molecule has 0 spiro atoms. The molecule has 2 atom stereocenters.